The molecule has 196 valence electrons. The summed E-state index contributed by atoms with van der Waals surface area (Å²) in [5, 5.41) is 8.87. The van der Waals surface area contributed by atoms with Crippen molar-refractivity contribution in [2.45, 2.75) is 57.3 Å². The molecule has 0 saturated carbocycles. The van der Waals surface area contributed by atoms with Gasteiger partial charge < -0.3 is 25.6 Å². The van der Waals surface area contributed by atoms with Crippen LogP contribution < -0.4 is 20.7 Å². The molecule has 0 radical (unpaired) electrons. The fourth-order valence-electron chi connectivity index (χ4n) is 4.98. The molecule has 1 fully saturated rings. The lowest BCUT2D eigenvalue weighted by Gasteiger charge is -2.33. The van der Waals surface area contributed by atoms with Crippen molar-refractivity contribution in [1.82, 2.24) is 20.9 Å². The Bertz CT molecular complexity index is 1120. The van der Waals surface area contributed by atoms with Crippen molar-refractivity contribution in [2.24, 2.45) is 5.92 Å². The van der Waals surface area contributed by atoms with Gasteiger partial charge in [0.2, 0.25) is 17.7 Å². The van der Waals surface area contributed by atoms with Crippen LogP contribution in [-0.4, -0.2) is 60.4 Å². The lowest BCUT2D eigenvalue weighted by Crippen LogP contribution is -2.59. The smallest absolute Gasteiger partial charge is 0.247 e. The highest BCUT2D eigenvalue weighted by Gasteiger charge is 2.46. The minimum Gasteiger partial charge on any atom is -0.488 e. The zero-order valence-corrected chi connectivity index (χ0v) is 21.6. The van der Waals surface area contributed by atoms with Crippen LogP contribution in [0.4, 0.5) is 0 Å². The summed E-state index contributed by atoms with van der Waals surface area (Å²) in [6.45, 7) is 4.45. The van der Waals surface area contributed by atoms with Crippen LogP contribution in [0.3, 0.4) is 0 Å². The molecule has 3 aliphatic rings. The normalized spacial score (nSPS) is 24.2. The van der Waals surface area contributed by atoms with E-state index in [2.05, 4.69) is 16.0 Å². The predicted molar refractivity (Wildman–Crippen MR) is 143 cm³/mol. The summed E-state index contributed by atoms with van der Waals surface area (Å²) in [4.78, 5) is 42.3. The predicted octanol–water partition coefficient (Wildman–Crippen LogP) is 2.50. The number of hydrogen-bond acceptors (Lipinski definition) is 5. The van der Waals surface area contributed by atoms with Crippen LogP contribution in [0, 0.1) is 5.92 Å². The number of hydrogen-bond donors (Lipinski definition) is 3. The first kappa shape index (κ1) is 26.4. The summed E-state index contributed by atoms with van der Waals surface area (Å²) in [7, 11) is 1.77. The molecule has 0 aromatic heterocycles. The molecule has 0 spiro atoms. The zero-order chi connectivity index (χ0) is 26.4. The van der Waals surface area contributed by atoms with Gasteiger partial charge in [-0.3, -0.25) is 14.4 Å². The minimum absolute atomic E-state index is 0.0926. The second-order valence-corrected chi connectivity index (χ2v) is 9.74. The number of ether oxygens (including phenoxy) is 1. The quantitative estimate of drug-likeness (QED) is 0.561. The van der Waals surface area contributed by atoms with Gasteiger partial charge in [0.25, 0.3) is 0 Å². The summed E-state index contributed by atoms with van der Waals surface area (Å²) < 4.78 is 6.27. The van der Waals surface area contributed by atoms with Crippen LogP contribution in [-0.2, 0) is 20.8 Å². The van der Waals surface area contributed by atoms with Crippen molar-refractivity contribution >= 4 is 23.8 Å². The van der Waals surface area contributed by atoms with Crippen molar-refractivity contribution in [2.75, 3.05) is 13.6 Å². The first-order valence-corrected chi connectivity index (χ1v) is 13.0. The number of benzene rings is 2. The highest BCUT2D eigenvalue weighted by atomic mass is 16.5. The molecule has 5 atom stereocenters. The molecule has 2 aromatic rings. The van der Waals surface area contributed by atoms with Gasteiger partial charge in [-0.15, -0.1) is 0 Å². The maximum atomic E-state index is 13.8. The number of rotatable bonds is 6. The highest BCUT2D eigenvalue weighted by molar-refractivity contribution is 5.94. The molecule has 0 aliphatic carbocycles. The first-order chi connectivity index (χ1) is 17.9. The molecular formula is C29H36N4O4. The minimum atomic E-state index is -0.864. The third-order valence-corrected chi connectivity index (χ3v) is 7.27. The Morgan fingerprint density at radius 2 is 1.84 bits per heavy atom. The largest absolute Gasteiger partial charge is 0.488 e. The number of nitrogens with zero attached hydrogens (tertiary/aromatic N) is 1. The van der Waals surface area contributed by atoms with Gasteiger partial charge in [-0.05, 0) is 42.3 Å². The Balaban J connectivity index is 1.68. The van der Waals surface area contributed by atoms with Crippen molar-refractivity contribution in [3.63, 3.8) is 0 Å². The second-order valence-electron chi connectivity index (χ2n) is 9.74. The van der Waals surface area contributed by atoms with E-state index in [1.807, 2.05) is 68.4 Å². The van der Waals surface area contributed by atoms with Gasteiger partial charge in [0.05, 0.1) is 6.04 Å². The summed E-state index contributed by atoms with van der Waals surface area (Å²) >= 11 is 0. The monoisotopic (exact) mass is 504 g/mol. The lowest BCUT2D eigenvalue weighted by molar-refractivity contribution is -0.143. The van der Waals surface area contributed by atoms with Crippen molar-refractivity contribution in [3.05, 3.63) is 71.9 Å². The summed E-state index contributed by atoms with van der Waals surface area (Å²) in [5.41, 5.74) is 1.82. The molecular weight excluding hydrogens is 468 g/mol. The Morgan fingerprint density at radius 3 is 2.51 bits per heavy atom. The second kappa shape index (κ2) is 12.1. The summed E-state index contributed by atoms with van der Waals surface area (Å²) in [6, 6.07) is 14.9. The van der Waals surface area contributed by atoms with E-state index in [1.54, 1.807) is 24.2 Å². The number of amides is 3. The molecule has 5 unspecified atom stereocenters. The number of likely N-dealkylation sites (N-methyl/N-ethyl adjacent to an activating group) is 1. The Hall–Kier alpha value is -3.65. The van der Waals surface area contributed by atoms with Gasteiger partial charge in [0.15, 0.2) is 0 Å². The Kier molecular flexibility index (Phi) is 8.61. The number of nitrogens with one attached hydrogen (secondary N) is 3. The summed E-state index contributed by atoms with van der Waals surface area (Å²) in [6.07, 6.45) is 4.48. The molecule has 2 aromatic carbocycles. The fraction of sp³-hybridized carbons (Fsp3) is 0.414. The van der Waals surface area contributed by atoms with Crippen molar-refractivity contribution in [1.29, 1.82) is 0 Å². The average Bonchev–Trinajstić information content (AvgIpc) is 3.33. The molecule has 37 heavy (non-hydrogen) atoms. The van der Waals surface area contributed by atoms with Crippen LogP contribution in [0.5, 0.6) is 5.75 Å². The van der Waals surface area contributed by atoms with Gasteiger partial charge in [0, 0.05) is 25.6 Å². The van der Waals surface area contributed by atoms with E-state index in [1.165, 1.54) is 0 Å². The molecule has 3 amide bonds. The van der Waals surface area contributed by atoms with Gasteiger partial charge in [-0.25, -0.2) is 0 Å². The molecule has 5 rings (SSSR count). The van der Waals surface area contributed by atoms with Crippen LogP contribution >= 0.6 is 0 Å². The van der Waals surface area contributed by atoms with E-state index in [0.717, 1.165) is 17.5 Å². The van der Waals surface area contributed by atoms with Crippen molar-refractivity contribution in [3.8, 4) is 5.75 Å². The topological polar surface area (TPSA) is 99.8 Å². The maximum Gasteiger partial charge on any atom is 0.247 e. The van der Waals surface area contributed by atoms with E-state index >= 15 is 0 Å². The van der Waals surface area contributed by atoms with Gasteiger partial charge in [-0.2, -0.15) is 0 Å². The first-order valence-electron chi connectivity index (χ1n) is 13.0. The van der Waals surface area contributed by atoms with E-state index in [-0.39, 0.29) is 17.7 Å². The lowest BCUT2D eigenvalue weighted by atomic mass is 9.97. The molecule has 3 aliphatic heterocycles. The van der Waals surface area contributed by atoms with Crippen molar-refractivity contribution < 1.29 is 19.1 Å². The van der Waals surface area contributed by atoms with E-state index in [4.69, 9.17) is 4.74 Å². The number of carbonyl (C=O) groups excluding carboxylic acids is 3. The molecule has 8 nitrogen and oxygen atoms in total. The maximum absolute atomic E-state index is 13.8. The molecule has 3 heterocycles. The standard InChI is InChI=1S/C29H36N4O4/c1-4-19(2)25(30-3)29(36)33-17-15-24-26(33)28(35)32-23(18-21-8-6-5-7-9-21)27(34)31-16-14-20-10-12-22(37-24)13-11-20/h5-14,16,19,23-26,30H,4,15,17-18H2,1-3H3,(H,31,34)(H,32,35)/b16-14-. The average molecular weight is 505 g/mol. The van der Waals surface area contributed by atoms with Crippen LogP contribution in [0.25, 0.3) is 6.08 Å². The van der Waals surface area contributed by atoms with Gasteiger partial charge in [-0.1, -0.05) is 62.7 Å². The summed E-state index contributed by atoms with van der Waals surface area (Å²) in [5.74, 6) is -0.142. The third kappa shape index (κ3) is 6.20. The molecule has 8 heteroatoms. The molecule has 3 N–H and O–H groups in total. The van der Waals surface area contributed by atoms with Gasteiger partial charge >= 0.3 is 0 Å². The highest BCUT2D eigenvalue weighted by Crippen LogP contribution is 2.27. The number of fused-ring (bicyclic) bond motifs is 7. The number of carbonyl (C=O) groups is 3. The number of likely N-dealkylation sites (tertiary alicyclic amines) is 1. The zero-order valence-electron chi connectivity index (χ0n) is 21.6. The Labute approximate surface area is 218 Å². The van der Waals surface area contributed by atoms with Crippen LogP contribution in [0.15, 0.2) is 60.8 Å². The van der Waals surface area contributed by atoms with E-state index < -0.39 is 30.1 Å². The van der Waals surface area contributed by atoms with E-state index in [0.29, 0.717) is 25.1 Å². The molecule has 1 saturated heterocycles. The van der Waals surface area contributed by atoms with E-state index in [9.17, 15) is 14.4 Å². The fourth-order valence-corrected chi connectivity index (χ4v) is 4.98. The van der Waals surface area contributed by atoms with Crippen LogP contribution in [0.1, 0.15) is 37.8 Å². The van der Waals surface area contributed by atoms with Gasteiger partial charge in [0.1, 0.15) is 23.9 Å². The Morgan fingerprint density at radius 1 is 1.11 bits per heavy atom. The SMILES string of the molecule is CCC(C)C(NC)C(=O)N1CCC2Oc3ccc(cc3)/C=C\NC(=O)C(Cc3ccccc3)NC(=O)C21. The van der Waals surface area contributed by atoms with Crippen LogP contribution in [0.2, 0.25) is 0 Å². The molecule has 2 bridgehead atoms. The third-order valence-electron chi connectivity index (χ3n) is 7.27.